The highest BCUT2D eigenvalue weighted by Crippen LogP contribution is 2.27. The van der Waals surface area contributed by atoms with Crippen molar-refractivity contribution in [1.82, 2.24) is 9.88 Å². The van der Waals surface area contributed by atoms with Crippen LogP contribution in [-0.2, 0) is 4.79 Å². The fraction of sp³-hybridized carbons (Fsp3) is 0.462. The van der Waals surface area contributed by atoms with Gasteiger partial charge in [0.25, 0.3) is 0 Å². The van der Waals surface area contributed by atoms with Crippen LogP contribution in [0.15, 0.2) is 18.3 Å². The maximum absolute atomic E-state index is 11.7. The molecule has 19 heavy (non-hydrogen) atoms. The summed E-state index contributed by atoms with van der Waals surface area (Å²) in [5.74, 6) is 0.283. The van der Waals surface area contributed by atoms with E-state index in [4.69, 9.17) is 18.0 Å². The maximum Gasteiger partial charge on any atom is 0.223 e. The molecule has 0 radical (unpaired) electrons. The van der Waals surface area contributed by atoms with Gasteiger partial charge in [0.1, 0.15) is 10.7 Å². The largest absolute Gasteiger partial charge is 0.388 e. The van der Waals surface area contributed by atoms with Crippen LogP contribution in [-0.4, -0.2) is 46.5 Å². The second-order valence-corrected chi connectivity index (χ2v) is 5.40. The van der Waals surface area contributed by atoms with E-state index in [0.29, 0.717) is 23.1 Å². The molecule has 100 valence electrons. The van der Waals surface area contributed by atoms with Crippen molar-refractivity contribution in [1.29, 1.82) is 0 Å². The van der Waals surface area contributed by atoms with E-state index < -0.39 is 0 Å². The summed E-state index contributed by atoms with van der Waals surface area (Å²) in [5.41, 5.74) is 7.38. The Morgan fingerprint density at radius 3 is 3.11 bits per heavy atom. The van der Waals surface area contributed by atoms with Crippen LogP contribution in [0.1, 0.15) is 18.5 Å². The molecule has 1 atom stereocenters. The Kier molecular flexibility index (Phi) is 3.10. The number of fused-ring (bicyclic) bond motifs is 1. The molecule has 0 spiro atoms. The van der Waals surface area contributed by atoms with Crippen molar-refractivity contribution in [3.05, 3.63) is 24.0 Å². The minimum Gasteiger partial charge on any atom is -0.388 e. The average molecular weight is 276 g/mol. The number of nitrogens with zero attached hydrogens (tertiary/aromatic N) is 3. The van der Waals surface area contributed by atoms with Crippen LogP contribution in [0.4, 0.5) is 5.69 Å². The van der Waals surface area contributed by atoms with E-state index in [1.807, 2.05) is 17.0 Å². The van der Waals surface area contributed by atoms with Gasteiger partial charge in [0, 0.05) is 38.3 Å². The number of carbonyl (C=O) groups is 1. The lowest BCUT2D eigenvalue weighted by atomic mass is 10.1. The number of hydrogen-bond donors (Lipinski definition) is 1. The quantitative estimate of drug-likeness (QED) is 0.798. The van der Waals surface area contributed by atoms with E-state index in [1.165, 1.54) is 0 Å². The number of piperazine rings is 1. The Morgan fingerprint density at radius 1 is 1.47 bits per heavy atom. The minimum atomic E-state index is 0.283. The van der Waals surface area contributed by atoms with Crippen LogP contribution >= 0.6 is 12.2 Å². The predicted molar refractivity (Wildman–Crippen MR) is 77.1 cm³/mol. The lowest BCUT2D eigenvalue weighted by Gasteiger charge is -2.39. The van der Waals surface area contributed by atoms with Gasteiger partial charge in [0.05, 0.1) is 5.69 Å². The molecule has 0 aliphatic carbocycles. The van der Waals surface area contributed by atoms with Gasteiger partial charge in [0.15, 0.2) is 0 Å². The Labute approximate surface area is 117 Å². The number of pyridine rings is 1. The van der Waals surface area contributed by atoms with Gasteiger partial charge in [-0.1, -0.05) is 12.2 Å². The number of thiocarbonyl (C=S) groups is 1. The standard InChI is InChI=1S/C13H16N4OS/c14-13(19)12-10(2-1-5-15-12)16-6-7-17-9(8-16)3-4-11(17)18/h1-2,5,9H,3-4,6-8H2,(H2,14,19). The van der Waals surface area contributed by atoms with E-state index in [0.717, 1.165) is 31.7 Å². The molecule has 2 N–H and O–H groups in total. The van der Waals surface area contributed by atoms with E-state index in [9.17, 15) is 4.79 Å². The monoisotopic (exact) mass is 276 g/mol. The minimum absolute atomic E-state index is 0.283. The summed E-state index contributed by atoms with van der Waals surface area (Å²) < 4.78 is 0. The van der Waals surface area contributed by atoms with Gasteiger partial charge < -0.3 is 15.5 Å². The van der Waals surface area contributed by atoms with Crippen LogP contribution in [0.3, 0.4) is 0 Å². The third-order valence-electron chi connectivity index (χ3n) is 3.85. The van der Waals surface area contributed by atoms with Gasteiger partial charge in [0.2, 0.25) is 5.91 Å². The molecule has 5 nitrogen and oxygen atoms in total. The van der Waals surface area contributed by atoms with Gasteiger partial charge in [-0.05, 0) is 18.6 Å². The van der Waals surface area contributed by atoms with E-state index in [2.05, 4.69) is 9.88 Å². The van der Waals surface area contributed by atoms with E-state index in [1.54, 1.807) is 6.20 Å². The normalized spacial score (nSPS) is 22.5. The molecule has 1 aromatic heterocycles. The Bertz CT molecular complexity index is 533. The van der Waals surface area contributed by atoms with Crippen molar-refractivity contribution in [3.8, 4) is 0 Å². The zero-order valence-corrected chi connectivity index (χ0v) is 11.4. The average Bonchev–Trinajstić information content (AvgIpc) is 2.80. The molecule has 0 aromatic carbocycles. The summed E-state index contributed by atoms with van der Waals surface area (Å²) in [5, 5.41) is 0. The summed E-state index contributed by atoms with van der Waals surface area (Å²) in [6.45, 7) is 2.42. The third kappa shape index (κ3) is 2.16. The smallest absolute Gasteiger partial charge is 0.223 e. The predicted octanol–water partition coefficient (Wildman–Crippen LogP) is 0.527. The number of carbonyl (C=O) groups excluding carboxylic acids is 1. The number of hydrogen-bond acceptors (Lipinski definition) is 4. The maximum atomic E-state index is 11.7. The summed E-state index contributed by atoms with van der Waals surface area (Å²) in [6.07, 6.45) is 3.32. The van der Waals surface area contributed by atoms with Gasteiger partial charge in [-0.25, -0.2) is 0 Å². The highest BCUT2D eigenvalue weighted by molar-refractivity contribution is 7.80. The van der Waals surface area contributed by atoms with Crippen LogP contribution in [0, 0.1) is 0 Å². The van der Waals surface area contributed by atoms with Gasteiger partial charge in [-0.15, -0.1) is 0 Å². The summed E-state index contributed by atoms with van der Waals surface area (Å²) in [7, 11) is 0. The number of aromatic nitrogens is 1. The van der Waals surface area contributed by atoms with E-state index >= 15 is 0 Å². The lowest BCUT2D eigenvalue weighted by molar-refractivity contribution is -0.129. The first-order valence-electron chi connectivity index (χ1n) is 6.46. The van der Waals surface area contributed by atoms with Crippen molar-refractivity contribution in [2.75, 3.05) is 24.5 Å². The lowest BCUT2D eigenvalue weighted by Crippen LogP contribution is -2.51. The molecule has 1 aromatic rings. The highest BCUT2D eigenvalue weighted by Gasteiger charge is 2.36. The number of anilines is 1. The summed E-state index contributed by atoms with van der Waals surface area (Å²) >= 11 is 5.06. The topological polar surface area (TPSA) is 62.5 Å². The Hall–Kier alpha value is -1.69. The van der Waals surface area contributed by atoms with Gasteiger partial charge in [-0.2, -0.15) is 0 Å². The fourth-order valence-electron chi connectivity index (χ4n) is 2.93. The molecule has 6 heteroatoms. The molecule has 0 saturated carbocycles. The van der Waals surface area contributed by atoms with Crippen LogP contribution < -0.4 is 10.6 Å². The molecule has 2 aliphatic heterocycles. The number of rotatable bonds is 2. The first kappa shape index (κ1) is 12.3. The van der Waals surface area contributed by atoms with Crippen molar-refractivity contribution < 1.29 is 4.79 Å². The second kappa shape index (κ2) is 4.77. The molecule has 0 bridgehead atoms. The molecular formula is C13H16N4OS. The van der Waals surface area contributed by atoms with Crippen molar-refractivity contribution in [2.24, 2.45) is 5.73 Å². The SMILES string of the molecule is NC(=S)c1ncccc1N1CCN2C(=O)CCC2C1. The van der Waals surface area contributed by atoms with Gasteiger partial charge in [-0.3, -0.25) is 9.78 Å². The molecular weight excluding hydrogens is 260 g/mol. The molecule has 3 rings (SSSR count). The Morgan fingerprint density at radius 2 is 2.32 bits per heavy atom. The first-order valence-corrected chi connectivity index (χ1v) is 6.87. The molecule has 3 heterocycles. The number of nitrogens with two attached hydrogens (primary N) is 1. The molecule has 2 aliphatic rings. The third-order valence-corrected chi connectivity index (χ3v) is 4.05. The van der Waals surface area contributed by atoms with Crippen LogP contribution in [0.2, 0.25) is 0 Å². The van der Waals surface area contributed by atoms with E-state index in [-0.39, 0.29) is 5.91 Å². The van der Waals surface area contributed by atoms with Crippen LogP contribution in [0.25, 0.3) is 0 Å². The van der Waals surface area contributed by atoms with Crippen LogP contribution in [0.5, 0.6) is 0 Å². The highest BCUT2D eigenvalue weighted by atomic mass is 32.1. The second-order valence-electron chi connectivity index (χ2n) is 4.96. The first-order chi connectivity index (χ1) is 9.16. The van der Waals surface area contributed by atoms with Crippen molar-refractivity contribution in [2.45, 2.75) is 18.9 Å². The van der Waals surface area contributed by atoms with Crippen molar-refractivity contribution >= 4 is 28.8 Å². The summed E-state index contributed by atoms with van der Waals surface area (Å²) in [6, 6.07) is 4.21. The Balaban J connectivity index is 1.85. The molecule has 1 amide bonds. The van der Waals surface area contributed by atoms with Gasteiger partial charge >= 0.3 is 0 Å². The number of amides is 1. The molecule has 2 fully saturated rings. The van der Waals surface area contributed by atoms with Crippen molar-refractivity contribution in [3.63, 3.8) is 0 Å². The molecule has 1 unspecified atom stereocenters. The zero-order chi connectivity index (χ0) is 13.4. The fourth-order valence-corrected chi connectivity index (χ4v) is 3.08. The molecule has 2 saturated heterocycles. The summed E-state index contributed by atoms with van der Waals surface area (Å²) in [4.78, 5) is 20.5. The zero-order valence-electron chi connectivity index (χ0n) is 10.6.